The minimum Gasteiger partial charge on any atom is -0.491 e. The first-order valence-electron chi connectivity index (χ1n) is 11.5. The van der Waals surface area contributed by atoms with Gasteiger partial charge in [-0.2, -0.15) is 0 Å². The number of carbonyl (C=O) groups is 1. The molecule has 0 aliphatic carbocycles. The first kappa shape index (κ1) is 27.0. The molecule has 1 fully saturated rings. The molecule has 12 nitrogen and oxygen atoms in total. The van der Waals surface area contributed by atoms with Gasteiger partial charge in [0.05, 0.1) is 29.8 Å². The van der Waals surface area contributed by atoms with Crippen LogP contribution in [0.15, 0.2) is 41.7 Å². The van der Waals surface area contributed by atoms with Crippen LogP contribution in [0.1, 0.15) is 19.4 Å². The highest BCUT2D eigenvalue weighted by atomic mass is 32.2. The third-order valence-corrected chi connectivity index (χ3v) is 5.93. The molecule has 4 N–H and O–H groups in total. The molecule has 0 bridgehead atoms. The summed E-state index contributed by atoms with van der Waals surface area (Å²) < 4.78 is 30.1. The van der Waals surface area contributed by atoms with Crippen molar-refractivity contribution in [2.45, 2.75) is 20.0 Å². The van der Waals surface area contributed by atoms with E-state index in [0.29, 0.717) is 43.2 Å². The topological polar surface area (TPSA) is 151 Å². The number of nitrogens with two attached hydrogens (primary N) is 1. The van der Waals surface area contributed by atoms with E-state index in [1.807, 2.05) is 44.2 Å². The van der Waals surface area contributed by atoms with Gasteiger partial charge in [0.2, 0.25) is 10.0 Å². The van der Waals surface area contributed by atoms with Crippen LogP contribution in [0, 0.1) is 0 Å². The number of amides is 2. The molecule has 1 aliphatic rings. The van der Waals surface area contributed by atoms with E-state index < -0.39 is 10.0 Å². The second-order valence-corrected chi connectivity index (χ2v) is 10.3. The molecule has 0 saturated carbocycles. The fourth-order valence-corrected chi connectivity index (χ4v) is 4.00. The molecule has 2 amide bonds. The van der Waals surface area contributed by atoms with Crippen LogP contribution in [0.5, 0.6) is 5.75 Å². The predicted octanol–water partition coefficient (Wildman–Crippen LogP) is 1.70. The molecule has 2 heterocycles. The minimum absolute atomic E-state index is 0.0698. The lowest BCUT2D eigenvalue weighted by atomic mass is 10.2. The van der Waals surface area contributed by atoms with Crippen molar-refractivity contribution in [3.63, 3.8) is 0 Å². The van der Waals surface area contributed by atoms with Gasteiger partial charge in [-0.3, -0.25) is 0 Å². The van der Waals surface area contributed by atoms with E-state index >= 15 is 0 Å². The number of oxime groups is 1. The quantitative estimate of drug-likeness (QED) is 0.244. The number of carbonyl (C=O) groups excluding carboxylic acids is 1. The molecule has 36 heavy (non-hydrogen) atoms. The van der Waals surface area contributed by atoms with Crippen LogP contribution < -0.4 is 25.4 Å². The largest absolute Gasteiger partial charge is 0.491 e. The van der Waals surface area contributed by atoms with Gasteiger partial charge in [-0.15, -0.1) is 0 Å². The predicted molar refractivity (Wildman–Crippen MR) is 140 cm³/mol. The molecule has 2 aromatic rings. The van der Waals surface area contributed by atoms with E-state index in [2.05, 4.69) is 25.1 Å². The Labute approximate surface area is 211 Å². The number of anilines is 3. The first-order valence-corrected chi connectivity index (χ1v) is 13.4. The van der Waals surface area contributed by atoms with Gasteiger partial charge in [-0.1, -0.05) is 5.16 Å². The van der Waals surface area contributed by atoms with Gasteiger partial charge >= 0.3 is 6.03 Å². The number of urea groups is 1. The summed E-state index contributed by atoms with van der Waals surface area (Å²) in [4.78, 5) is 25.9. The monoisotopic (exact) mass is 519 g/mol. The van der Waals surface area contributed by atoms with Crippen LogP contribution in [-0.2, 0) is 14.9 Å². The van der Waals surface area contributed by atoms with Gasteiger partial charge in [0.15, 0.2) is 0 Å². The molecular weight excluding hydrogens is 486 g/mol. The number of pyridine rings is 1. The summed E-state index contributed by atoms with van der Waals surface area (Å²) in [7, 11) is -3.28. The Morgan fingerprint density at radius 1 is 1.19 bits per heavy atom. The Bertz CT molecular complexity index is 1150. The van der Waals surface area contributed by atoms with Crippen molar-refractivity contribution in [1.29, 1.82) is 0 Å². The van der Waals surface area contributed by atoms with E-state index in [4.69, 9.17) is 15.3 Å². The van der Waals surface area contributed by atoms with Gasteiger partial charge in [0.25, 0.3) is 0 Å². The molecule has 0 unspecified atom stereocenters. The lowest BCUT2D eigenvalue weighted by Crippen LogP contribution is -2.50. The molecule has 1 aliphatic heterocycles. The van der Waals surface area contributed by atoms with Gasteiger partial charge < -0.3 is 30.4 Å². The number of rotatable bonds is 10. The SMILES string of the molecule is CC(C)Oc1ccc(NC(=O)N2CCN(c3ccnc(N)c3/C=N/OCCNS(C)(=O)=O)CC2)cc1. The van der Waals surface area contributed by atoms with E-state index in [-0.39, 0.29) is 25.3 Å². The Kier molecular flexibility index (Phi) is 9.31. The molecule has 1 aromatic carbocycles. The summed E-state index contributed by atoms with van der Waals surface area (Å²) in [6.07, 6.45) is 4.23. The number of nitrogen functional groups attached to an aromatic ring is 1. The van der Waals surface area contributed by atoms with Crippen LogP contribution in [0.3, 0.4) is 0 Å². The van der Waals surface area contributed by atoms with Crippen molar-refractivity contribution < 1.29 is 22.8 Å². The molecule has 196 valence electrons. The Balaban J connectivity index is 1.54. The summed E-state index contributed by atoms with van der Waals surface area (Å²) in [5, 5.41) is 6.82. The van der Waals surface area contributed by atoms with Crippen molar-refractivity contribution >= 4 is 39.5 Å². The maximum atomic E-state index is 12.7. The third-order valence-electron chi connectivity index (χ3n) is 5.20. The fraction of sp³-hybridized carbons (Fsp3) is 0.435. The number of piperazine rings is 1. The third kappa shape index (κ3) is 8.27. The van der Waals surface area contributed by atoms with Crippen molar-refractivity contribution in [1.82, 2.24) is 14.6 Å². The standard InChI is InChI=1S/C23H33N7O5S/c1-17(2)35-19-6-4-18(5-7-19)28-23(31)30-13-11-29(12-14-30)21-8-9-25-22(24)20(21)16-26-34-15-10-27-36(3,32)33/h4-9,16-17,27H,10-15H2,1-3H3,(H2,24,25)(H,28,31)/b26-16+. The lowest BCUT2D eigenvalue weighted by molar-refractivity contribution is 0.151. The van der Waals surface area contributed by atoms with Crippen molar-refractivity contribution in [2.24, 2.45) is 5.16 Å². The van der Waals surface area contributed by atoms with Crippen molar-refractivity contribution in [2.75, 3.05) is 61.5 Å². The molecule has 1 aromatic heterocycles. The molecule has 0 radical (unpaired) electrons. The molecule has 3 rings (SSSR count). The normalized spacial score (nSPS) is 14.3. The number of sulfonamides is 1. The second-order valence-electron chi connectivity index (χ2n) is 8.46. The van der Waals surface area contributed by atoms with Crippen LogP contribution >= 0.6 is 0 Å². The maximum Gasteiger partial charge on any atom is 0.321 e. The van der Waals surface area contributed by atoms with E-state index in [0.717, 1.165) is 17.7 Å². The zero-order valence-electron chi connectivity index (χ0n) is 20.7. The first-order chi connectivity index (χ1) is 17.1. The Morgan fingerprint density at radius 3 is 2.53 bits per heavy atom. The highest BCUT2D eigenvalue weighted by Gasteiger charge is 2.23. The average Bonchev–Trinajstić information content (AvgIpc) is 2.82. The summed E-state index contributed by atoms with van der Waals surface area (Å²) in [5.74, 6) is 1.04. The maximum absolute atomic E-state index is 12.7. The molecule has 13 heteroatoms. The number of nitrogens with zero attached hydrogens (tertiary/aromatic N) is 4. The Hall–Kier alpha value is -3.58. The molecule has 1 saturated heterocycles. The van der Waals surface area contributed by atoms with E-state index in [9.17, 15) is 13.2 Å². The van der Waals surface area contributed by atoms with Crippen molar-refractivity contribution in [3.05, 3.63) is 42.1 Å². The van der Waals surface area contributed by atoms with Crippen LogP contribution in [0.25, 0.3) is 0 Å². The van der Waals surface area contributed by atoms with E-state index in [1.165, 1.54) is 6.21 Å². The number of aromatic nitrogens is 1. The van der Waals surface area contributed by atoms with Crippen molar-refractivity contribution in [3.8, 4) is 5.75 Å². The summed E-state index contributed by atoms with van der Waals surface area (Å²) >= 11 is 0. The Morgan fingerprint density at radius 2 is 1.89 bits per heavy atom. The average molecular weight is 520 g/mol. The summed E-state index contributed by atoms with van der Waals surface area (Å²) in [6, 6.07) is 8.96. The zero-order chi connectivity index (χ0) is 26.1. The second kappa shape index (κ2) is 12.4. The number of nitrogens with one attached hydrogen (secondary N) is 2. The zero-order valence-corrected chi connectivity index (χ0v) is 21.5. The minimum atomic E-state index is -3.28. The van der Waals surface area contributed by atoms with Crippen LogP contribution in [0.2, 0.25) is 0 Å². The summed E-state index contributed by atoms with van der Waals surface area (Å²) in [5.41, 5.74) is 8.18. The summed E-state index contributed by atoms with van der Waals surface area (Å²) in [6.45, 7) is 6.32. The van der Waals surface area contributed by atoms with Gasteiger partial charge in [-0.05, 0) is 44.2 Å². The number of ether oxygens (including phenoxy) is 1. The van der Waals surface area contributed by atoms with E-state index in [1.54, 1.807) is 11.1 Å². The number of hydrogen-bond donors (Lipinski definition) is 3. The number of benzene rings is 1. The molecule has 0 atom stereocenters. The van der Waals surface area contributed by atoms with Gasteiger partial charge in [0.1, 0.15) is 18.2 Å². The highest BCUT2D eigenvalue weighted by Crippen LogP contribution is 2.24. The smallest absolute Gasteiger partial charge is 0.321 e. The lowest BCUT2D eigenvalue weighted by Gasteiger charge is -2.36. The number of hydrogen-bond acceptors (Lipinski definition) is 9. The fourth-order valence-electron chi connectivity index (χ4n) is 3.54. The van der Waals surface area contributed by atoms with Crippen LogP contribution in [0.4, 0.5) is 22.0 Å². The molecular formula is C23H33N7O5S. The highest BCUT2D eigenvalue weighted by molar-refractivity contribution is 7.88. The molecule has 0 spiro atoms. The van der Waals surface area contributed by atoms with Crippen LogP contribution in [-0.4, -0.2) is 82.2 Å². The van der Waals surface area contributed by atoms with Gasteiger partial charge in [-0.25, -0.2) is 22.9 Å². The van der Waals surface area contributed by atoms with Gasteiger partial charge in [0, 0.05) is 44.6 Å².